The monoisotopic (exact) mass is 499 g/mol. The van der Waals surface area contributed by atoms with E-state index >= 15 is 0 Å². The van der Waals surface area contributed by atoms with E-state index in [9.17, 15) is 4.79 Å². The molecule has 2 aromatic rings. The molecule has 0 N–H and O–H groups in total. The van der Waals surface area contributed by atoms with Gasteiger partial charge in [-0.3, -0.25) is 4.79 Å². The molecule has 2 aromatic carbocycles. The highest BCUT2D eigenvalue weighted by atomic mass is 127. The summed E-state index contributed by atoms with van der Waals surface area (Å²) >= 11 is 3.97. The summed E-state index contributed by atoms with van der Waals surface area (Å²) in [5.41, 5.74) is 0.794. The summed E-state index contributed by atoms with van der Waals surface area (Å²) in [4.78, 5) is 14.5. The first-order chi connectivity index (χ1) is 13.1. The number of carbonyl (C=O) groups is 1. The molecule has 0 bridgehead atoms. The van der Waals surface area contributed by atoms with Crippen molar-refractivity contribution in [2.75, 3.05) is 37.2 Å². The van der Waals surface area contributed by atoms with Crippen LogP contribution >= 0.6 is 34.4 Å². The summed E-state index contributed by atoms with van der Waals surface area (Å²) in [5.74, 6) is 2.90. The van der Waals surface area contributed by atoms with Crippen LogP contribution < -0.4 is 19.1 Å². The molecule has 0 saturated carbocycles. The van der Waals surface area contributed by atoms with E-state index in [4.69, 9.17) is 14.2 Å². The van der Waals surface area contributed by atoms with E-state index in [1.165, 1.54) is 0 Å². The molecule has 1 amide bonds. The SMILES string of the molecule is COc1cc(N2CCC(Oc3ccc(I)cc3)C2=O)ccc1OCCSC. The van der Waals surface area contributed by atoms with Crippen LogP contribution in [-0.2, 0) is 4.79 Å². The van der Waals surface area contributed by atoms with Gasteiger partial charge in [0.1, 0.15) is 5.75 Å². The summed E-state index contributed by atoms with van der Waals surface area (Å²) in [6, 6.07) is 13.3. The zero-order chi connectivity index (χ0) is 19.2. The van der Waals surface area contributed by atoms with Crippen LogP contribution in [0.5, 0.6) is 17.2 Å². The second-order valence-corrected chi connectivity index (χ2v) is 8.25. The molecule has 1 fully saturated rings. The van der Waals surface area contributed by atoms with E-state index in [0.717, 1.165) is 15.0 Å². The maximum Gasteiger partial charge on any atom is 0.268 e. The summed E-state index contributed by atoms with van der Waals surface area (Å²) in [6.07, 6.45) is 2.23. The number of rotatable bonds is 8. The van der Waals surface area contributed by atoms with Gasteiger partial charge in [0.25, 0.3) is 5.91 Å². The number of carbonyl (C=O) groups excluding carboxylic acids is 1. The van der Waals surface area contributed by atoms with Crippen molar-refractivity contribution >= 4 is 45.9 Å². The third-order valence-electron chi connectivity index (χ3n) is 4.25. The maximum atomic E-state index is 12.8. The van der Waals surface area contributed by atoms with E-state index in [1.54, 1.807) is 23.8 Å². The fourth-order valence-corrected chi connectivity index (χ4v) is 3.48. The van der Waals surface area contributed by atoms with Gasteiger partial charge in [-0.25, -0.2) is 0 Å². The topological polar surface area (TPSA) is 48.0 Å². The van der Waals surface area contributed by atoms with Gasteiger partial charge in [-0.2, -0.15) is 11.8 Å². The number of amides is 1. The molecule has 1 atom stereocenters. The van der Waals surface area contributed by atoms with Crippen molar-refractivity contribution in [1.82, 2.24) is 0 Å². The highest BCUT2D eigenvalue weighted by Crippen LogP contribution is 2.34. The van der Waals surface area contributed by atoms with Crippen molar-refractivity contribution in [3.05, 3.63) is 46.0 Å². The van der Waals surface area contributed by atoms with Gasteiger partial charge in [0.05, 0.1) is 13.7 Å². The first-order valence-electron chi connectivity index (χ1n) is 8.65. The predicted molar refractivity (Wildman–Crippen MR) is 117 cm³/mol. The number of methoxy groups -OCH3 is 1. The fraction of sp³-hybridized carbons (Fsp3) is 0.350. The Labute approximate surface area is 177 Å². The highest BCUT2D eigenvalue weighted by molar-refractivity contribution is 14.1. The average Bonchev–Trinajstić information content (AvgIpc) is 3.04. The number of halogens is 1. The zero-order valence-electron chi connectivity index (χ0n) is 15.3. The Morgan fingerprint density at radius 1 is 1.19 bits per heavy atom. The summed E-state index contributed by atoms with van der Waals surface area (Å²) in [6.45, 7) is 1.23. The van der Waals surface area contributed by atoms with Gasteiger partial charge in [-0.15, -0.1) is 0 Å². The lowest BCUT2D eigenvalue weighted by Crippen LogP contribution is -2.32. The Hall–Kier alpha value is -1.61. The Kier molecular flexibility index (Phi) is 7.12. The van der Waals surface area contributed by atoms with E-state index in [2.05, 4.69) is 22.6 Å². The maximum absolute atomic E-state index is 12.8. The second kappa shape index (κ2) is 9.54. The summed E-state index contributed by atoms with van der Waals surface area (Å²) < 4.78 is 18.2. The number of anilines is 1. The number of benzene rings is 2. The molecule has 0 aliphatic carbocycles. The smallest absolute Gasteiger partial charge is 0.268 e. The minimum Gasteiger partial charge on any atom is -0.493 e. The molecule has 1 aliphatic rings. The Balaban J connectivity index is 1.69. The van der Waals surface area contributed by atoms with E-state index in [0.29, 0.717) is 36.8 Å². The van der Waals surface area contributed by atoms with Gasteiger partial charge in [0.2, 0.25) is 0 Å². The van der Waals surface area contributed by atoms with Crippen LogP contribution in [0.4, 0.5) is 5.69 Å². The van der Waals surface area contributed by atoms with E-state index in [1.807, 2.05) is 48.7 Å². The molecule has 0 radical (unpaired) electrons. The molecule has 144 valence electrons. The number of hydrogen-bond donors (Lipinski definition) is 0. The third-order valence-corrected chi connectivity index (χ3v) is 5.55. The molecule has 1 unspecified atom stereocenters. The lowest BCUT2D eigenvalue weighted by molar-refractivity contribution is -0.122. The normalized spacial score (nSPS) is 16.5. The van der Waals surface area contributed by atoms with Gasteiger partial charge in [-0.05, 0) is 65.2 Å². The van der Waals surface area contributed by atoms with Crippen molar-refractivity contribution in [1.29, 1.82) is 0 Å². The standard InChI is InChI=1S/C20H22INO4S/c1-24-19-13-15(5-8-17(19)25-11-12-27-2)22-10-9-18(20(22)23)26-16-6-3-14(21)4-7-16/h3-8,13,18H,9-12H2,1-2H3. The second-order valence-electron chi connectivity index (χ2n) is 6.02. The minimum atomic E-state index is -0.464. The van der Waals surface area contributed by atoms with Crippen molar-refractivity contribution in [2.24, 2.45) is 0 Å². The van der Waals surface area contributed by atoms with Crippen molar-refractivity contribution < 1.29 is 19.0 Å². The van der Waals surface area contributed by atoms with Crippen LogP contribution in [0.15, 0.2) is 42.5 Å². The largest absolute Gasteiger partial charge is 0.493 e. The molecule has 0 spiro atoms. The molecule has 1 saturated heterocycles. The lowest BCUT2D eigenvalue weighted by Gasteiger charge is -2.19. The van der Waals surface area contributed by atoms with Gasteiger partial charge in [0.15, 0.2) is 17.6 Å². The van der Waals surface area contributed by atoms with Crippen LogP contribution in [0.3, 0.4) is 0 Å². The van der Waals surface area contributed by atoms with Gasteiger partial charge in [-0.1, -0.05) is 0 Å². The van der Waals surface area contributed by atoms with Gasteiger partial charge in [0, 0.05) is 34.0 Å². The molecule has 7 heteroatoms. The molecule has 5 nitrogen and oxygen atoms in total. The lowest BCUT2D eigenvalue weighted by atomic mass is 10.2. The summed E-state index contributed by atoms with van der Waals surface area (Å²) in [5, 5.41) is 0. The van der Waals surface area contributed by atoms with Crippen LogP contribution in [0.25, 0.3) is 0 Å². The van der Waals surface area contributed by atoms with Crippen molar-refractivity contribution in [2.45, 2.75) is 12.5 Å². The molecule has 27 heavy (non-hydrogen) atoms. The van der Waals surface area contributed by atoms with Gasteiger partial charge >= 0.3 is 0 Å². The van der Waals surface area contributed by atoms with Crippen molar-refractivity contribution in [3.63, 3.8) is 0 Å². The molecule has 3 rings (SSSR count). The van der Waals surface area contributed by atoms with Crippen LogP contribution in [0, 0.1) is 3.57 Å². The Bertz CT molecular complexity index is 784. The molecular formula is C20H22INO4S. The third kappa shape index (κ3) is 5.01. The van der Waals surface area contributed by atoms with E-state index < -0.39 is 6.10 Å². The fourth-order valence-electron chi connectivity index (χ4n) is 2.88. The number of thioether (sulfide) groups is 1. The molecular weight excluding hydrogens is 477 g/mol. The van der Waals surface area contributed by atoms with Crippen LogP contribution in [0.1, 0.15) is 6.42 Å². The molecule has 1 aliphatic heterocycles. The Morgan fingerprint density at radius 3 is 2.67 bits per heavy atom. The number of hydrogen-bond acceptors (Lipinski definition) is 5. The first kappa shape index (κ1) is 20.1. The van der Waals surface area contributed by atoms with Gasteiger partial charge < -0.3 is 19.1 Å². The Morgan fingerprint density at radius 2 is 1.96 bits per heavy atom. The van der Waals surface area contributed by atoms with E-state index in [-0.39, 0.29) is 5.91 Å². The van der Waals surface area contributed by atoms with Crippen LogP contribution in [-0.4, -0.2) is 44.3 Å². The zero-order valence-corrected chi connectivity index (χ0v) is 18.3. The first-order valence-corrected chi connectivity index (χ1v) is 11.1. The predicted octanol–water partition coefficient (Wildman–Crippen LogP) is 4.23. The van der Waals surface area contributed by atoms with Crippen LogP contribution in [0.2, 0.25) is 0 Å². The molecule has 1 heterocycles. The quantitative estimate of drug-likeness (QED) is 0.402. The van der Waals surface area contributed by atoms with Crippen molar-refractivity contribution in [3.8, 4) is 17.2 Å². The number of ether oxygens (including phenoxy) is 3. The molecule has 0 aromatic heterocycles. The minimum absolute atomic E-state index is 0.0355. The summed E-state index contributed by atoms with van der Waals surface area (Å²) in [7, 11) is 1.61. The average molecular weight is 499 g/mol. The number of nitrogens with zero attached hydrogens (tertiary/aromatic N) is 1. The highest BCUT2D eigenvalue weighted by Gasteiger charge is 2.34.